The van der Waals surface area contributed by atoms with E-state index >= 15 is 0 Å². The molecule has 8 nitrogen and oxygen atoms in total. The predicted molar refractivity (Wildman–Crippen MR) is 99.0 cm³/mol. The number of ether oxygens (including phenoxy) is 2. The Morgan fingerprint density at radius 1 is 1.22 bits per heavy atom. The quantitative estimate of drug-likeness (QED) is 0.653. The average Bonchev–Trinajstić information content (AvgIpc) is 3.35. The molecule has 138 valence electrons. The Morgan fingerprint density at radius 2 is 2.04 bits per heavy atom. The third-order valence-electron chi connectivity index (χ3n) is 4.05. The van der Waals surface area contributed by atoms with Crippen molar-refractivity contribution >= 4 is 17.7 Å². The van der Waals surface area contributed by atoms with Crippen LogP contribution in [0.3, 0.4) is 0 Å². The number of amides is 1. The molecule has 27 heavy (non-hydrogen) atoms. The highest BCUT2D eigenvalue weighted by molar-refractivity contribution is 7.99. The lowest BCUT2D eigenvalue weighted by molar-refractivity contribution is -0.119. The second kappa shape index (κ2) is 7.67. The average molecular weight is 383 g/mol. The molecular formula is C18H17N5O3S. The number of nitrogens with zero attached hydrogens (tertiary/aromatic N) is 4. The molecule has 0 saturated carbocycles. The molecule has 2 heterocycles. The van der Waals surface area contributed by atoms with E-state index in [4.69, 9.17) is 9.47 Å². The zero-order chi connectivity index (χ0) is 18.6. The van der Waals surface area contributed by atoms with Gasteiger partial charge in [0.2, 0.25) is 17.9 Å². The van der Waals surface area contributed by atoms with Gasteiger partial charge in [-0.2, -0.15) is 4.68 Å². The summed E-state index contributed by atoms with van der Waals surface area (Å²) in [6.07, 6.45) is 0. The lowest BCUT2D eigenvalue weighted by Gasteiger charge is -2.14. The van der Waals surface area contributed by atoms with Crippen molar-refractivity contribution in [2.45, 2.75) is 18.1 Å². The largest absolute Gasteiger partial charge is 0.454 e. The van der Waals surface area contributed by atoms with Crippen LogP contribution in [0.2, 0.25) is 0 Å². The van der Waals surface area contributed by atoms with Gasteiger partial charge >= 0.3 is 0 Å². The van der Waals surface area contributed by atoms with E-state index in [0.29, 0.717) is 10.9 Å². The van der Waals surface area contributed by atoms with Crippen LogP contribution in [0.25, 0.3) is 5.69 Å². The van der Waals surface area contributed by atoms with Crippen LogP contribution in [0.15, 0.2) is 53.7 Å². The van der Waals surface area contributed by atoms with Crippen molar-refractivity contribution in [3.8, 4) is 17.2 Å². The third-order valence-corrected chi connectivity index (χ3v) is 4.97. The van der Waals surface area contributed by atoms with Gasteiger partial charge in [0.25, 0.3) is 0 Å². The molecule has 0 aliphatic carbocycles. The molecular weight excluding hydrogens is 366 g/mol. The first-order valence-corrected chi connectivity index (χ1v) is 9.35. The van der Waals surface area contributed by atoms with E-state index in [2.05, 4.69) is 20.8 Å². The molecule has 1 aliphatic rings. The van der Waals surface area contributed by atoms with Gasteiger partial charge in [-0.05, 0) is 47.2 Å². The number of aromatic nitrogens is 4. The number of hydrogen-bond acceptors (Lipinski definition) is 7. The van der Waals surface area contributed by atoms with Crippen molar-refractivity contribution in [1.82, 2.24) is 25.5 Å². The molecule has 4 rings (SSSR count). The molecule has 1 atom stereocenters. The minimum absolute atomic E-state index is 0.104. The van der Waals surface area contributed by atoms with Gasteiger partial charge in [0.05, 0.1) is 17.5 Å². The molecule has 0 fully saturated rings. The maximum atomic E-state index is 12.3. The summed E-state index contributed by atoms with van der Waals surface area (Å²) in [6.45, 7) is 2.15. The van der Waals surface area contributed by atoms with E-state index in [9.17, 15) is 4.79 Å². The van der Waals surface area contributed by atoms with E-state index in [0.717, 1.165) is 17.0 Å². The van der Waals surface area contributed by atoms with Crippen LogP contribution in [0.4, 0.5) is 0 Å². The van der Waals surface area contributed by atoms with Crippen molar-refractivity contribution in [2.75, 3.05) is 12.5 Å². The number of benzene rings is 2. The molecule has 0 bridgehead atoms. The van der Waals surface area contributed by atoms with E-state index in [1.54, 1.807) is 4.68 Å². The molecule has 0 unspecified atom stereocenters. The highest BCUT2D eigenvalue weighted by atomic mass is 32.2. The number of tetrazole rings is 1. The van der Waals surface area contributed by atoms with E-state index < -0.39 is 0 Å². The highest BCUT2D eigenvalue weighted by Crippen LogP contribution is 2.34. The second-order valence-corrected chi connectivity index (χ2v) is 6.84. The fourth-order valence-corrected chi connectivity index (χ4v) is 3.38. The van der Waals surface area contributed by atoms with Gasteiger partial charge in [0.1, 0.15) is 0 Å². The molecule has 3 aromatic rings. The summed E-state index contributed by atoms with van der Waals surface area (Å²) >= 11 is 1.28. The molecule has 0 spiro atoms. The standard InChI is InChI=1S/C18H17N5O3S/c1-12(13-7-8-15-16(9-13)26-11-25-15)19-17(24)10-27-18-20-21-22-23(18)14-5-3-2-4-6-14/h2-9,12H,10-11H2,1H3,(H,19,24)/t12-/m0/s1. The van der Waals surface area contributed by atoms with Crippen molar-refractivity contribution in [1.29, 1.82) is 0 Å². The van der Waals surface area contributed by atoms with Gasteiger partial charge < -0.3 is 14.8 Å². The van der Waals surface area contributed by atoms with Crippen molar-refractivity contribution in [3.05, 3.63) is 54.1 Å². The Balaban J connectivity index is 1.36. The molecule has 1 aliphatic heterocycles. The van der Waals surface area contributed by atoms with E-state index in [1.807, 2.05) is 55.5 Å². The molecule has 9 heteroatoms. The van der Waals surface area contributed by atoms with Crippen molar-refractivity contribution in [2.24, 2.45) is 0 Å². The predicted octanol–water partition coefficient (Wildman–Crippen LogP) is 2.36. The zero-order valence-electron chi connectivity index (χ0n) is 14.5. The summed E-state index contributed by atoms with van der Waals surface area (Å²) in [4.78, 5) is 12.3. The molecule has 2 aromatic carbocycles. The Hall–Kier alpha value is -3.07. The lowest BCUT2D eigenvalue weighted by Crippen LogP contribution is -2.28. The zero-order valence-corrected chi connectivity index (χ0v) is 15.3. The summed E-state index contributed by atoms with van der Waals surface area (Å²) < 4.78 is 12.3. The maximum Gasteiger partial charge on any atom is 0.231 e. The summed E-state index contributed by atoms with van der Waals surface area (Å²) in [5.74, 6) is 1.53. The van der Waals surface area contributed by atoms with E-state index in [1.165, 1.54) is 11.8 Å². The number of rotatable bonds is 6. The maximum absolute atomic E-state index is 12.3. The summed E-state index contributed by atoms with van der Waals surface area (Å²) in [7, 11) is 0. The van der Waals surface area contributed by atoms with Crippen LogP contribution < -0.4 is 14.8 Å². The van der Waals surface area contributed by atoms with Crippen LogP contribution >= 0.6 is 11.8 Å². The summed E-state index contributed by atoms with van der Waals surface area (Å²) in [5, 5.41) is 15.2. The van der Waals surface area contributed by atoms with Gasteiger partial charge in [-0.15, -0.1) is 5.10 Å². The van der Waals surface area contributed by atoms with Crippen LogP contribution in [0, 0.1) is 0 Å². The molecule has 1 N–H and O–H groups in total. The Morgan fingerprint density at radius 3 is 2.89 bits per heavy atom. The van der Waals surface area contributed by atoms with Crippen LogP contribution in [0.5, 0.6) is 11.5 Å². The number of para-hydroxylation sites is 1. The van der Waals surface area contributed by atoms with Gasteiger partial charge in [-0.25, -0.2) is 0 Å². The molecule has 1 amide bonds. The number of carbonyl (C=O) groups excluding carboxylic acids is 1. The Bertz CT molecular complexity index is 947. The third kappa shape index (κ3) is 3.87. The second-order valence-electron chi connectivity index (χ2n) is 5.90. The molecule has 0 radical (unpaired) electrons. The first-order valence-electron chi connectivity index (χ1n) is 8.36. The fourth-order valence-electron chi connectivity index (χ4n) is 2.68. The summed E-state index contributed by atoms with van der Waals surface area (Å²) in [6, 6.07) is 15.0. The van der Waals surface area contributed by atoms with Crippen molar-refractivity contribution in [3.63, 3.8) is 0 Å². The van der Waals surface area contributed by atoms with Gasteiger partial charge in [0.15, 0.2) is 11.5 Å². The monoisotopic (exact) mass is 383 g/mol. The van der Waals surface area contributed by atoms with Crippen LogP contribution in [0.1, 0.15) is 18.5 Å². The molecule has 0 saturated heterocycles. The number of thioether (sulfide) groups is 1. The van der Waals surface area contributed by atoms with Gasteiger partial charge in [-0.3, -0.25) is 4.79 Å². The minimum Gasteiger partial charge on any atom is -0.454 e. The lowest BCUT2D eigenvalue weighted by atomic mass is 10.1. The highest BCUT2D eigenvalue weighted by Gasteiger charge is 2.17. The molecule has 1 aromatic heterocycles. The van der Waals surface area contributed by atoms with Crippen LogP contribution in [-0.2, 0) is 4.79 Å². The number of hydrogen-bond donors (Lipinski definition) is 1. The minimum atomic E-state index is -0.155. The Labute approximate surface area is 159 Å². The number of carbonyl (C=O) groups is 1. The summed E-state index contributed by atoms with van der Waals surface area (Å²) in [5.41, 5.74) is 1.80. The normalized spacial score (nSPS) is 13.4. The van der Waals surface area contributed by atoms with E-state index in [-0.39, 0.29) is 24.5 Å². The SMILES string of the molecule is C[C@H](NC(=O)CSc1nnnn1-c1ccccc1)c1ccc2c(c1)OCO2. The fraction of sp³-hybridized carbons (Fsp3) is 0.222. The number of nitrogens with one attached hydrogen (secondary N) is 1. The first kappa shape index (κ1) is 17.3. The van der Waals surface area contributed by atoms with Crippen molar-refractivity contribution < 1.29 is 14.3 Å². The number of fused-ring (bicyclic) bond motifs is 1. The van der Waals surface area contributed by atoms with Gasteiger partial charge in [-0.1, -0.05) is 36.0 Å². The first-order chi connectivity index (χ1) is 13.2. The topological polar surface area (TPSA) is 91.2 Å². The van der Waals surface area contributed by atoms with Gasteiger partial charge in [0, 0.05) is 0 Å². The smallest absolute Gasteiger partial charge is 0.231 e. The van der Waals surface area contributed by atoms with Crippen LogP contribution in [-0.4, -0.2) is 38.7 Å². The Kier molecular flexibility index (Phi) is 4.93.